The summed E-state index contributed by atoms with van der Waals surface area (Å²) >= 11 is 0. The molecule has 0 unspecified atom stereocenters. The fourth-order valence-corrected chi connectivity index (χ4v) is 6.91. The molecule has 49 heavy (non-hydrogen) atoms. The lowest BCUT2D eigenvalue weighted by atomic mass is 9.99. The molecule has 0 bridgehead atoms. The molecule has 6 nitrogen and oxygen atoms in total. The van der Waals surface area contributed by atoms with Gasteiger partial charge in [0.1, 0.15) is 5.58 Å². The van der Waals surface area contributed by atoms with Crippen molar-refractivity contribution in [1.82, 2.24) is 24.9 Å². The quantitative estimate of drug-likeness (QED) is 0.181. The van der Waals surface area contributed by atoms with Crippen molar-refractivity contribution in [2.45, 2.75) is 0 Å². The lowest BCUT2D eigenvalue weighted by molar-refractivity contribution is 0.667. The largest absolute Gasteiger partial charge is 0.454 e. The number of fused-ring (bicyclic) bond motifs is 8. The average molecular weight is 628 g/mol. The summed E-state index contributed by atoms with van der Waals surface area (Å²) in [5, 5.41) is 7.56. The van der Waals surface area contributed by atoms with Crippen molar-refractivity contribution in [3.8, 4) is 45.3 Å². The van der Waals surface area contributed by atoms with Crippen LogP contribution < -0.4 is 0 Å². The van der Waals surface area contributed by atoms with Crippen LogP contribution in [0.2, 0.25) is 0 Å². The van der Waals surface area contributed by atoms with Crippen LogP contribution in [0.5, 0.6) is 0 Å². The van der Waals surface area contributed by atoms with Crippen LogP contribution in [0.1, 0.15) is 0 Å². The first-order valence-corrected chi connectivity index (χ1v) is 16.2. The van der Waals surface area contributed by atoms with E-state index < -0.39 is 0 Å². The number of nitrogens with zero attached hydrogens (tertiary/aromatic N) is 5. The van der Waals surface area contributed by atoms with E-state index in [1.54, 1.807) is 6.20 Å². The molecule has 4 heterocycles. The van der Waals surface area contributed by atoms with Gasteiger partial charge < -0.3 is 4.42 Å². The topological polar surface area (TPSA) is 77.6 Å². The van der Waals surface area contributed by atoms with Crippen LogP contribution in [0.25, 0.3) is 99.7 Å². The van der Waals surface area contributed by atoms with Gasteiger partial charge in [-0.1, -0.05) is 121 Å². The fourth-order valence-electron chi connectivity index (χ4n) is 6.91. The van der Waals surface area contributed by atoms with E-state index >= 15 is 0 Å². The normalized spacial score (nSPS) is 11.7. The molecule has 0 atom stereocenters. The van der Waals surface area contributed by atoms with E-state index in [9.17, 15) is 0 Å². The third-order valence-electron chi connectivity index (χ3n) is 9.27. The minimum absolute atomic E-state index is 0.514. The highest BCUT2D eigenvalue weighted by molar-refractivity contribution is 6.17. The van der Waals surface area contributed by atoms with Gasteiger partial charge in [-0.2, -0.15) is 0 Å². The van der Waals surface area contributed by atoms with Crippen molar-refractivity contribution in [3.63, 3.8) is 0 Å². The Morgan fingerprint density at radius 1 is 0.388 bits per heavy atom. The third kappa shape index (κ3) is 4.46. The molecule has 10 aromatic rings. The molecular formula is C43H25N5O. The third-order valence-corrected chi connectivity index (χ3v) is 9.27. The molecule has 10 rings (SSSR count). The second-order valence-corrected chi connectivity index (χ2v) is 12.1. The molecule has 0 amide bonds. The molecule has 6 aromatic carbocycles. The number of furan rings is 1. The van der Waals surface area contributed by atoms with E-state index in [4.69, 9.17) is 24.4 Å². The summed E-state index contributed by atoms with van der Waals surface area (Å²) in [6, 6.07) is 45.7. The predicted octanol–water partition coefficient (Wildman–Crippen LogP) is 10.7. The lowest BCUT2D eigenvalue weighted by Crippen LogP contribution is -2.01. The predicted molar refractivity (Wildman–Crippen MR) is 197 cm³/mol. The summed E-state index contributed by atoms with van der Waals surface area (Å²) in [4.78, 5) is 24.9. The maximum atomic E-state index is 6.18. The van der Waals surface area contributed by atoms with E-state index in [0.717, 1.165) is 65.8 Å². The minimum atomic E-state index is 0.514. The molecule has 0 aliphatic heterocycles. The second kappa shape index (κ2) is 10.9. The molecule has 0 saturated carbocycles. The number of rotatable bonds is 4. The van der Waals surface area contributed by atoms with E-state index in [-0.39, 0.29) is 0 Å². The summed E-state index contributed by atoms with van der Waals surface area (Å²) in [5.41, 5.74) is 7.06. The average Bonchev–Trinajstić information content (AvgIpc) is 3.57. The van der Waals surface area contributed by atoms with Crippen LogP contribution in [-0.2, 0) is 0 Å². The molecule has 0 aliphatic carbocycles. The van der Waals surface area contributed by atoms with Gasteiger partial charge in [0.2, 0.25) is 0 Å². The highest BCUT2D eigenvalue weighted by atomic mass is 16.3. The zero-order valence-corrected chi connectivity index (χ0v) is 26.1. The Balaban J connectivity index is 1.21. The number of para-hydroxylation sites is 2. The maximum Gasteiger partial charge on any atom is 0.166 e. The fraction of sp³-hybridized carbons (Fsp3) is 0. The monoisotopic (exact) mass is 627 g/mol. The van der Waals surface area contributed by atoms with Crippen LogP contribution >= 0.6 is 0 Å². The van der Waals surface area contributed by atoms with Crippen molar-refractivity contribution in [3.05, 3.63) is 152 Å². The van der Waals surface area contributed by atoms with Gasteiger partial charge in [-0.05, 0) is 39.4 Å². The number of pyridine rings is 2. The van der Waals surface area contributed by atoms with E-state index in [1.165, 1.54) is 10.8 Å². The minimum Gasteiger partial charge on any atom is -0.454 e. The number of benzene rings is 6. The summed E-state index contributed by atoms with van der Waals surface area (Å²) in [6.07, 6.45) is 5.52. The molecule has 6 heteroatoms. The van der Waals surface area contributed by atoms with Crippen LogP contribution in [-0.4, -0.2) is 24.9 Å². The second-order valence-electron chi connectivity index (χ2n) is 12.1. The van der Waals surface area contributed by atoms with Crippen molar-refractivity contribution in [2.75, 3.05) is 0 Å². The first kappa shape index (κ1) is 27.3. The summed E-state index contributed by atoms with van der Waals surface area (Å²) in [5.74, 6) is 1.61. The van der Waals surface area contributed by atoms with Crippen molar-refractivity contribution >= 4 is 54.4 Å². The molecule has 228 valence electrons. The highest BCUT2D eigenvalue weighted by Crippen LogP contribution is 2.38. The molecular weight excluding hydrogens is 603 g/mol. The number of hydrogen-bond donors (Lipinski definition) is 0. The van der Waals surface area contributed by atoms with Crippen LogP contribution in [0.15, 0.2) is 156 Å². The first-order chi connectivity index (χ1) is 24.3. The van der Waals surface area contributed by atoms with E-state index in [0.29, 0.717) is 23.1 Å². The molecule has 0 N–H and O–H groups in total. The zero-order valence-electron chi connectivity index (χ0n) is 26.1. The van der Waals surface area contributed by atoms with Gasteiger partial charge in [0.05, 0.1) is 11.7 Å². The van der Waals surface area contributed by atoms with Gasteiger partial charge in [-0.3, -0.25) is 9.97 Å². The number of aromatic nitrogens is 5. The van der Waals surface area contributed by atoms with E-state index in [1.807, 2.05) is 54.9 Å². The summed E-state index contributed by atoms with van der Waals surface area (Å²) < 4.78 is 6.18. The maximum absolute atomic E-state index is 6.18. The van der Waals surface area contributed by atoms with Crippen LogP contribution in [0, 0.1) is 0 Å². The Labute approximate surface area is 280 Å². The zero-order chi connectivity index (χ0) is 32.3. The molecule has 0 spiro atoms. The smallest absolute Gasteiger partial charge is 0.166 e. The van der Waals surface area contributed by atoms with Gasteiger partial charge in [-0.15, -0.1) is 0 Å². The first-order valence-electron chi connectivity index (χ1n) is 16.2. The van der Waals surface area contributed by atoms with Crippen molar-refractivity contribution < 1.29 is 4.42 Å². The molecule has 0 aliphatic rings. The molecule has 0 radical (unpaired) electrons. The van der Waals surface area contributed by atoms with Crippen molar-refractivity contribution in [2.24, 2.45) is 0 Å². The Hall–Kier alpha value is -6.79. The SMILES string of the molecule is c1ccc(-c2ccc(-c3nc(-c4cccc5c4ncc4c6ccccc6ccc54)nc(-c4cncc5oc6ccccc6c45)n3)cc2)cc1. The molecule has 0 fully saturated rings. The molecule has 0 saturated heterocycles. The van der Waals surface area contributed by atoms with Gasteiger partial charge in [0, 0.05) is 50.6 Å². The van der Waals surface area contributed by atoms with Gasteiger partial charge in [0.25, 0.3) is 0 Å². The molecule has 4 aromatic heterocycles. The Morgan fingerprint density at radius 2 is 1.08 bits per heavy atom. The Morgan fingerprint density at radius 3 is 1.96 bits per heavy atom. The van der Waals surface area contributed by atoms with Crippen LogP contribution in [0.3, 0.4) is 0 Å². The Kier molecular flexibility index (Phi) is 6.08. The van der Waals surface area contributed by atoms with Crippen molar-refractivity contribution in [1.29, 1.82) is 0 Å². The number of hydrogen-bond acceptors (Lipinski definition) is 6. The van der Waals surface area contributed by atoms with Gasteiger partial charge in [0.15, 0.2) is 23.1 Å². The summed E-state index contributed by atoms with van der Waals surface area (Å²) in [7, 11) is 0. The summed E-state index contributed by atoms with van der Waals surface area (Å²) in [6.45, 7) is 0. The van der Waals surface area contributed by atoms with E-state index in [2.05, 4.69) is 96.0 Å². The Bertz CT molecular complexity index is 2880. The van der Waals surface area contributed by atoms with Gasteiger partial charge >= 0.3 is 0 Å². The lowest BCUT2D eigenvalue weighted by Gasteiger charge is -2.12. The van der Waals surface area contributed by atoms with Crippen LogP contribution in [0.4, 0.5) is 0 Å². The highest BCUT2D eigenvalue weighted by Gasteiger charge is 2.20. The van der Waals surface area contributed by atoms with Gasteiger partial charge in [-0.25, -0.2) is 15.0 Å². The standard InChI is InChI=1S/C43H25N5O/c1-2-9-26(10-3-1)27-17-19-29(20-18-27)41-46-42(48-43(47-41)36-23-44-25-38-39(36)33-13-6-7-16-37(33)49-38)34-15-8-14-32-31-22-21-28-11-4-5-12-30(28)35(31)24-45-40(32)34/h1-25H.